The Morgan fingerprint density at radius 3 is 2.46 bits per heavy atom. The molecule has 0 aliphatic carbocycles. The molecule has 1 heterocycles. The molecule has 0 N–H and O–H groups in total. The van der Waals surface area contributed by atoms with Crippen LogP contribution in [0.5, 0.6) is 5.75 Å². The lowest BCUT2D eigenvalue weighted by atomic mass is 10.1. The quantitative estimate of drug-likeness (QED) is 0.798. The number of hydrogen-bond donors (Lipinski definition) is 0. The molecule has 138 valence electrons. The van der Waals surface area contributed by atoms with Gasteiger partial charge in [-0.2, -0.15) is 0 Å². The van der Waals surface area contributed by atoms with Gasteiger partial charge in [-0.3, -0.25) is 4.79 Å². The maximum atomic E-state index is 12.7. The molecule has 0 unspecified atom stereocenters. The summed E-state index contributed by atoms with van der Waals surface area (Å²) in [7, 11) is 1.64. The summed E-state index contributed by atoms with van der Waals surface area (Å²) in [5.74, 6) is 0.904. The highest BCUT2D eigenvalue weighted by Crippen LogP contribution is 2.15. The second-order valence-electron chi connectivity index (χ2n) is 6.81. The van der Waals surface area contributed by atoms with Crippen LogP contribution >= 0.6 is 0 Å². The van der Waals surface area contributed by atoms with Gasteiger partial charge in [-0.25, -0.2) is 0 Å². The van der Waals surface area contributed by atoms with Gasteiger partial charge in [0, 0.05) is 25.2 Å². The minimum absolute atomic E-state index is 0.124. The molecule has 0 radical (unpaired) electrons. The van der Waals surface area contributed by atoms with Gasteiger partial charge in [-0.05, 0) is 62.2 Å². The molecular weight excluding hydrogens is 324 g/mol. The first-order valence-corrected chi connectivity index (χ1v) is 9.46. The molecule has 2 aromatic rings. The Labute approximate surface area is 156 Å². The van der Waals surface area contributed by atoms with Gasteiger partial charge in [0.15, 0.2) is 0 Å². The molecule has 0 aromatic heterocycles. The van der Waals surface area contributed by atoms with E-state index in [1.54, 1.807) is 7.11 Å². The fourth-order valence-electron chi connectivity index (χ4n) is 3.47. The zero-order valence-electron chi connectivity index (χ0n) is 15.6. The van der Waals surface area contributed by atoms with Crippen molar-refractivity contribution in [3.63, 3.8) is 0 Å². The Bertz CT molecular complexity index is 685. The van der Waals surface area contributed by atoms with Crippen molar-refractivity contribution in [3.05, 3.63) is 65.7 Å². The summed E-state index contributed by atoms with van der Waals surface area (Å²) in [6.07, 6.45) is 3.31. The molecule has 0 spiro atoms. The van der Waals surface area contributed by atoms with E-state index in [2.05, 4.69) is 35.2 Å². The standard InChI is InChI=1S/C22H28N2O2/c1-26-21-12-10-20(11-13-21)22(25)24-16-6-15-23(17-18-24)14-5-9-19-7-3-2-4-8-19/h2-4,7-8,10-13H,5-6,9,14-18H2,1H3. The van der Waals surface area contributed by atoms with Crippen LogP contribution in [0.15, 0.2) is 54.6 Å². The predicted octanol–water partition coefficient (Wildman–Crippen LogP) is 3.48. The van der Waals surface area contributed by atoms with Crippen LogP contribution in [-0.2, 0) is 6.42 Å². The number of ether oxygens (including phenoxy) is 1. The van der Waals surface area contributed by atoms with Crippen LogP contribution in [0, 0.1) is 0 Å². The Morgan fingerprint density at radius 2 is 1.73 bits per heavy atom. The van der Waals surface area contributed by atoms with Crippen LogP contribution in [0.1, 0.15) is 28.8 Å². The van der Waals surface area contributed by atoms with Crippen molar-refractivity contribution in [1.29, 1.82) is 0 Å². The van der Waals surface area contributed by atoms with E-state index in [1.807, 2.05) is 29.2 Å². The number of carbonyl (C=O) groups excluding carboxylic acids is 1. The Balaban J connectivity index is 1.47. The molecule has 2 aromatic carbocycles. The van der Waals surface area contributed by atoms with E-state index in [-0.39, 0.29) is 5.91 Å². The molecule has 1 saturated heterocycles. The first kappa shape index (κ1) is 18.5. The number of benzene rings is 2. The first-order chi connectivity index (χ1) is 12.8. The van der Waals surface area contributed by atoms with E-state index < -0.39 is 0 Å². The summed E-state index contributed by atoms with van der Waals surface area (Å²) < 4.78 is 5.17. The summed E-state index contributed by atoms with van der Waals surface area (Å²) in [5.41, 5.74) is 2.14. The van der Waals surface area contributed by atoms with Crippen molar-refractivity contribution in [3.8, 4) is 5.75 Å². The van der Waals surface area contributed by atoms with E-state index in [0.29, 0.717) is 0 Å². The lowest BCUT2D eigenvalue weighted by Crippen LogP contribution is -2.35. The SMILES string of the molecule is COc1ccc(C(=O)N2CCCN(CCCc3ccccc3)CC2)cc1. The third-order valence-corrected chi connectivity index (χ3v) is 5.00. The number of rotatable bonds is 6. The van der Waals surface area contributed by atoms with Gasteiger partial charge in [0.2, 0.25) is 0 Å². The van der Waals surface area contributed by atoms with Crippen LogP contribution in [-0.4, -0.2) is 55.5 Å². The lowest BCUT2D eigenvalue weighted by molar-refractivity contribution is 0.0761. The highest BCUT2D eigenvalue weighted by Gasteiger charge is 2.20. The van der Waals surface area contributed by atoms with Gasteiger partial charge in [0.25, 0.3) is 5.91 Å². The van der Waals surface area contributed by atoms with Crippen LogP contribution in [0.3, 0.4) is 0 Å². The largest absolute Gasteiger partial charge is 0.497 e. The van der Waals surface area contributed by atoms with Crippen molar-refractivity contribution in [2.75, 3.05) is 39.8 Å². The van der Waals surface area contributed by atoms with Crippen molar-refractivity contribution in [2.45, 2.75) is 19.3 Å². The molecule has 0 bridgehead atoms. The zero-order valence-corrected chi connectivity index (χ0v) is 15.6. The fraction of sp³-hybridized carbons (Fsp3) is 0.409. The van der Waals surface area contributed by atoms with Crippen LogP contribution in [0.4, 0.5) is 0 Å². The molecule has 4 nitrogen and oxygen atoms in total. The number of aryl methyl sites for hydroxylation is 1. The van der Waals surface area contributed by atoms with Gasteiger partial charge in [-0.15, -0.1) is 0 Å². The first-order valence-electron chi connectivity index (χ1n) is 9.46. The zero-order chi connectivity index (χ0) is 18.2. The second kappa shape index (κ2) is 9.39. The predicted molar refractivity (Wildman–Crippen MR) is 105 cm³/mol. The van der Waals surface area contributed by atoms with Crippen LogP contribution < -0.4 is 4.74 Å². The minimum atomic E-state index is 0.124. The Morgan fingerprint density at radius 1 is 0.962 bits per heavy atom. The van der Waals surface area contributed by atoms with E-state index in [1.165, 1.54) is 5.56 Å². The van der Waals surface area contributed by atoms with Crippen molar-refractivity contribution in [1.82, 2.24) is 9.80 Å². The van der Waals surface area contributed by atoms with E-state index in [9.17, 15) is 4.79 Å². The molecule has 26 heavy (non-hydrogen) atoms. The number of methoxy groups -OCH3 is 1. The van der Waals surface area contributed by atoms with Crippen molar-refractivity contribution >= 4 is 5.91 Å². The van der Waals surface area contributed by atoms with Gasteiger partial charge in [0.05, 0.1) is 7.11 Å². The maximum Gasteiger partial charge on any atom is 0.253 e. The number of amides is 1. The summed E-state index contributed by atoms with van der Waals surface area (Å²) in [4.78, 5) is 17.2. The average Bonchev–Trinajstić information content (AvgIpc) is 2.94. The normalized spacial score (nSPS) is 15.5. The third-order valence-electron chi connectivity index (χ3n) is 5.00. The monoisotopic (exact) mass is 352 g/mol. The molecule has 0 saturated carbocycles. The summed E-state index contributed by atoms with van der Waals surface area (Å²) in [6, 6.07) is 18.0. The Kier molecular flexibility index (Phi) is 6.67. The minimum Gasteiger partial charge on any atom is -0.497 e. The molecule has 1 amide bonds. The van der Waals surface area contributed by atoms with Crippen LogP contribution in [0.2, 0.25) is 0 Å². The highest BCUT2D eigenvalue weighted by molar-refractivity contribution is 5.94. The topological polar surface area (TPSA) is 32.8 Å². The second-order valence-corrected chi connectivity index (χ2v) is 6.81. The summed E-state index contributed by atoms with van der Waals surface area (Å²) >= 11 is 0. The van der Waals surface area contributed by atoms with E-state index in [0.717, 1.165) is 63.3 Å². The van der Waals surface area contributed by atoms with Gasteiger partial charge in [0.1, 0.15) is 5.75 Å². The maximum absolute atomic E-state index is 12.7. The summed E-state index contributed by atoms with van der Waals surface area (Å²) in [6.45, 7) is 4.76. The number of carbonyl (C=O) groups is 1. The van der Waals surface area contributed by atoms with Gasteiger partial charge >= 0.3 is 0 Å². The Hall–Kier alpha value is -2.33. The average molecular weight is 352 g/mol. The fourth-order valence-corrected chi connectivity index (χ4v) is 3.47. The lowest BCUT2D eigenvalue weighted by Gasteiger charge is -2.22. The van der Waals surface area contributed by atoms with Gasteiger partial charge in [-0.1, -0.05) is 30.3 Å². The van der Waals surface area contributed by atoms with Crippen LogP contribution in [0.25, 0.3) is 0 Å². The van der Waals surface area contributed by atoms with Crippen molar-refractivity contribution in [2.24, 2.45) is 0 Å². The summed E-state index contributed by atoms with van der Waals surface area (Å²) in [5, 5.41) is 0. The molecular formula is C22H28N2O2. The highest BCUT2D eigenvalue weighted by atomic mass is 16.5. The third kappa shape index (κ3) is 5.09. The molecule has 3 rings (SSSR count). The molecule has 1 aliphatic heterocycles. The molecule has 4 heteroatoms. The van der Waals surface area contributed by atoms with Gasteiger partial charge < -0.3 is 14.5 Å². The number of hydrogen-bond acceptors (Lipinski definition) is 3. The smallest absolute Gasteiger partial charge is 0.253 e. The molecule has 0 atom stereocenters. The van der Waals surface area contributed by atoms with E-state index >= 15 is 0 Å². The molecule has 1 aliphatic rings. The number of nitrogens with zero attached hydrogens (tertiary/aromatic N) is 2. The van der Waals surface area contributed by atoms with E-state index in [4.69, 9.17) is 4.74 Å². The van der Waals surface area contributed by atoms with Crippen molar-refractivity contribution < 1.29 is 9.53 Å². The molecule has 1 fully saturated rings.